The third-order valence-electron chi connectivity index (χ3n) is 6.26. The lowest BCUT2D eigenvalue weighted by atomic mass is 10.0. The van der Waals surface area contributed by atoms with Crippen LogP contribution >= 0.6 is 0 Å². The van der Waals surface area contributed by atoms with Crippen LogP contribution in [0.1, 0.15) is 38.8 Å². The summed E-state index contributed by atoms with van der Waals surface area (Å²) in [5, 5.41) is 5.93. The van der Waals surface area contributed by atoms with E-state index in [9.17, 15) is 9.59 Å². The predicted octanol–water partition coefficient (Wildman–Crippen LogP) is 6.80. The van der Waals surface area contributed by atoms with Gasteiger partial charge in [-0.2, -0.15) is 5.10 Å². The highest BCUT2D eigenvalue weighted by Crippen LogP contribution is 2.28. The van der Waals surface area contributed by atoms with Crippen molar-refractivity contribution in [1.82, 2.24) is 5.43 Å². The highest BCUT2D eigenvalue weighted by Gasteiger charge is 2.14. The molecule has 0 spiro atoms. The smallest absolute Gasteiger partial charge is 0.343 e. The summed E-state index contributed by atoms with van der Waals surface area (Å²) in [4.78, 5) is 25.7. The Morgan fingerprint density at radius 1 is 0.732 bits per heavy atom. The molecule has 204 valence electrons. The number of carbonyl (C=O) groups excluding carboxylic acids is 2. The van der Waals surface area contributed by atoms with Crippen molar-refractivity contribution in [3.63, 3.8) is 0 Å². The molecule has 7 heteroatoms. The van der Waals surface area contributed by atoms with E-state index in [2.05, 4.69) is 10.5 Å². The number of esters is 1. The minimum absolute atomic E-state index is 0.320. The first kappa shape index (κ1) is 27.1. The topological polar surface area (TPSA) is 86.2 Å². The van der Waals surface area contributed by atoms with Crippen LogP contribution in [0.5, 0.6) is 17.2 Å². The van der Waals surface area contributed by atoms with Gasteiger partial charge in [-0.25, -0.2) is 10.2 Å². The van der Waals surface area contributed by atoms with E-state index in [-0.39, 0.29) is 5.91 Å². The highest BCUT2D eigenvalue weighted by molar-refractivity contribution is 6.04. The Morgan fingerprint density at radius 2 is 1.39 bits per heavy atom. The lowest BCUT2D eigenvalue weighted by Crippen LogP contribution is -2.17. The van der Waals surface area contributed by atoms with Gasteiger partial charge in [-0.15, -0.1) is 0 Å². The number of hydrogen-bond donors (Lipinski definition) is 1. The number of amides is 1. The molecule has 0 unspecified atom stereocenters. The van der Waals surface area contributed by atoms with Gasteiger partial charge in [0, 0.05) is 11.1 Å². The molecule has 0 aromatic heterocycles. The summed E-state index contributed by atoms with van der Waals surface area (Å²) in [6.07, 6.45) is 1.48. The summed E-state index contributed by atoms with van der Waals surface area (Å²) in [5.41, 5.74) is 4.98. The van der Waals surface area contributed by atoms with Gasteiger partial charge in [-0.1, -0.05) is 60.7 Å². The largest absolute Gasteiger partial charge is 0.494 e. The van der Waals surface area contributed by atoms with Crippen molar-refractivity contribution >= 4 is 28.9 Å². The van der Waals surface area contributed by atoms with Gasteiger partial charge in [-0.3, -0.25) is 4.79 Å². The number of rotatable bonds is 10. The number of fused-ring (bicyclic) bond motifs is 1. The van der Waals surface area contributed by atoms with Crippen molar-refractivity contribution in [1.29, 1.82) is 0 Å². The van der Waals surface area contributed by atoms with Crippen LogP contribution in [0.2, 0.25) is 0 Å². The van der Waals surface area contributed by atoms with Crippen LogP contribution in [0.15, 0.2) is 120 Å². The van der Waals surface area contributed by atoms with Gasteiger partial charge in [0.25, 0.3) is 5.91 Å². The van der Waals surface area contributed by atoms with Gasteiger partial charge in [0.15, 0.2) is 0 Å². The second-order valence-electron chi connectivity index (χ2n) is 9.04. The summed E-state index contributed by atoms with van der Waals surface area (Å²) in [6, 6.07) is 34.7. The number of carbonyl (C=O) groups is 2. The molecule has 0 aliphatic carbocycles. The average Bonchev–Trinajstić information content (AvgIpc) is 3.02. The molecule has 5 aromatic carbocycles. The average molecular weight is 545 g/mol. The van der Waals surface area contributed by atoms with Gasteiger partial charge in [0.2, 0.25) is 0 Å². The molecule has 1 N–H and O–H groups in total. The summed E-state index contributed by atoms with van der Waals surface area (Å²) in [6.45, 7) is 2.87. The Balaban J connectivity index is 1.28. The third kappa shape index (κ3) is 6.96. The molecule has 7 nitrogen and oxygen atoms in total. The first-order valence-corrected chi connectivity index (χ1v) is 13.2. The first-order chi connectivity index (χ1) is 20.1. The summed E-state index contributed by atoms with van der Waals surface area (Å²) in [5.74, 6) is 0.748. The van der Waals surface area contributed by atoms with Gasteiger partial charge in [-0.05, 0) is 77.9 Å². The molecule has 0 atom stereocenters. The Labute approximate surface area is 238 Å². The predicted molar refractivity (Wildman–Crippen MR) is 159 cm³/mol. The van der Waals surface area contributed by atoms with Crippen molar-refractivity contribution in [2.75, 3.05) is 6.61 Å². The molecule has 0 heterocycles. The van der Waals surface area contributed by atoms with Gasteiger partial charge < -0.3 is 14.2 Å². The van der Waals surface area contributed by atoms with E-state index in [1.54, 1.807) is 54.6 Å². The quantitative estimate of drug-likeness (QED) is 0.0904. The lowest BCUT2D eigenvalue weighted by Gasteiger charge is -2.11. The van der Waals surface area contributed by atoms with Crippen LogP contribution in [0.4, 0.5) is 0 Å². The molecule has 0 saturated carbocycles. The maximum atomic E-state index is 12.9. The van der Waals surface area contributed by atoms with Gasteiger partial charge >= 0.3 is 5.97 Å². The van der Waals surface area contributed by atoms with E-state index in [1.165, 1.54) is 6.21 Å². The second-order valence-corrected chi connectivity index (χ2v) is 9.04. The zero-order valence-corrected chi connectivity index (χ0v) is 22.4. The zero-order valence-electron chi connectivity index (χ0n) is 22.4. The molecule has 0 radical (unpaired) electrons. The zero-order chi connectivity index (χ0) is 28.4. The van der Waals surface area contributed by atoms with E-state index in [1.807, 2.05) is 67.6 Å². The standard InChI is InChI=1S/C34H28N2O5/c1-2-39-28-19-14-27(15-20-28)34(38)41-32-21-16-25-10-6-7-11-30(25)31(32)22-35-36-33(37)26-12-17-29(18-13-26)40-23-24-8-4-3-5-9-24/h3-22H,2,23H2,1H3,(H,36,37)/b35-22+. The van der Waals surface area contributed by atoms with Crippen LogP contribution in [0.3, 0.4) is 0 Å². The second kappa shape index (κ2) is 13.1. The van der Waals surface area contributed by atoms with Crippen molar-refractivity contribution < 1.29 is 23.8 Å². The summed E-state index contributed by atoms with van der Waals surface area (Å²) >= 11 is 0. The highest BCUT2D eigenvalue weighted by atomic mass is 16.5. The lowest BCUT2D eigenvalue weighted by molar-refractivity contribution is 0.0734. The Bertz CT molecular complexity index is 1660. The molecular weight excluding hydrogens is 516 g/mol. The summed E-state index contributed by atoms with van der Waals surface area (Å²) < 4.78 is 17.0. The Hall–Kier alpha value is -5.43. The van der Waals surface area contributed by atoms with E-state index >= 15 is 0 Å². The molecule has 1 amide bonds. The van der Waals surface area contributed by atoms with Crippen LogP contribution < -0.4 is 19.6 Å². The van der Waals surface area contributed by atoms with Gasteiger partial charge in [0.05, 0.1) is 18.4 Å². The summed E-state index contributed by atoms with van der Waals surface area (Å²) in [7, 11) is 0. The third-order valence-corrected chi connectivity index (χ3v) is 6.26. The van der Waals surface area contributed by atoms with Crippen molar-refractivity contribution in [3.8, 4) is 17.2 Å². The van der Waals surface area contributed by atoms with E-state index < -0.39 is 5.97 Å². The number of nitrogens with one attached hydrogen (secondary N) is 1. The fourth-order valence-corrected chi connectivity index (χ4v) is 4.17. The molecule has 0 saturated heterocycles. The molecule has 41 heavy (non-hydrogen) atoms. The molecule has 5 aromatic rings. The molecule has 0 aliphatic rings. The number of ether oxygens (including phenoxy) is 3. The van der Waals surface area contributed by atoms with Crippen molar-refractivity contribution in [2.45, 2.75) is 13.5 Å². The maximum absolute atomic E-state index is 12.9. The van der Waals surface area contributed by atoms with Crippen LogP contribution in [-0.2, 0) is 6.61 Å². The number of nitrogens with zero attached hydrogens (tertiary/aromatic N) is 1. The number of benzene rings is 5. The maximum Gasteiger partial charge on any atom is 0.343 e. The van der Waals surface area contributed by atoms with Crippen LogP contribution in [-0.4, -0.2) is 24.7 Å². The molecule has 5 rings (SSSR count). The van der Waals surface area contributed by atoms with Crippen LogP contribution in [0, 0.1) is 0 Å². The Kier molecular flexibility index (Phi) is 8.66. The minimum Gasteiger partial charge on any atom is -0.494 e. The molecular formula is C34H28N2O5. The van der Waals surface area contributed by atoms with Crippen molar-refractivity contribution in [2.24, 2.45) is 5.10 Å². The van der Waals surface area contributed by atoms with Gasteiger partial charge in [0.1, 0.15) is 23.9 Å². The molecule has 0 aliphatic heterocycles. The first-order valence-electron chi connectivity index (χ1n) is 13.2. The normalized spacial score (nSPS) is 10.9. The minimum atomic E-state index is -0.517. The van der Waals surface area contributed by atoms with E-state index in [4.69, 9.17) is 14.2 Å². The monoisotopic (exact) mass is 544 g/mol. The Morgan fingerprint density at radius 3 is 2.12 bits per heavy atom. The van der Waals surface area contributed by atoms with Crippen molar-refractivity contribution in [3.05, 3.63) is 138 Å². The fraction of sp³-hybridized carbons (Fsp3) is 0.0882. The fourth-order valence-electron chi connectivity index (χ4n) is 4.17. The number of hydrazone groups is 1. The molecule has 0 bridgehead atoms. The van der Waals surface area contributed by atoms with Crippen LogP contribution in [0.25, 0.3) is 10.8 Å². The SMILES string of the molecule is CCOc1ccc(C(=O)Oc2ccc3ccccc3c2/C=N/NC(=O)c2ccc(OCc3ccccc3)cc2)cc1. The number of hydrogen-bond acceptors (Lipinski definition) is 6. The molecule has 0 fully saturated rings. The van der Waals surface area contributed by atoms with E-state index in [0.717, 1.165) is 16.3 Å². The van der Waals surface area contributed by atoms with E-state index in [0.29, 0.717) is 47.2 Å².